The Morgan fingerprint density at radius 2 is 2.17 bits per heavy atom. The standard InChI is InChI=1S/C14H26N2OS/c1-3-12(4-2)13-9-16-14(18-13)15-7-8-17-10-11-5-6-11/h11-13H,3-10H2,1-2H3,(H,15,16). The predicted octanol–water partition coefficient (Wildman–Crippen LogP) is 2.91. The maximum atomic E-state index is 5.61. The van der Waals surface area contributed by atoms with E-state index >= 15 is 0 Å². The molecule has 1 aliphatic carbocycles. The predicted molar refractivity (Wildman–Crippen MR) is 79.3 cm³/mol. The van der Waals surface area contributed by atoms with E-state index in [1.807, 2.05) is 11.8 Å². The summed E-state index contributed by atoms with van der Waals surface area (Å²) in [7, 11) is 0. The zero-order valence-corrected chi connectivity index (χ0v) is 12.5. The Morgan fingerprint density at radius 3 is 2.83 bits per heavy atom. The van der Waals surface area contributed by atoms with Crippen molar-refractivity contribution < 1.29 is 4.74 Å². The van der Waals surface area contributed by atoms with Gasteiger partial charge in [0.05, 0.1) is 13.2 Å². The zero-order valence-electron chi connectivity index (χ0n) is 11.7. The molecule has 0 spiro atoms. The molecular formula is C14H26N2OS. The molecule has 1 fully saturated rings. The molecule has 18 heavy (non-hydrogen) atoms. The summed E-state index contributed by atoms with van der Waals surface area (Å²) in [5.74, 6) is 1.67. The van der Waals surface area contributed by atoms with E-state index in [0.717, 1.165) is 43.3 Å². The Labute approximate surface area is 115 Å². The molecule has 1 aliphatic heterocycles. The molecule has 1 N–H and O–H groups in total. The SMILES string of the molecule is CCC(CC)C1CN=C(NCCOCC2CC2)S1. The number of rotatable bonds is 8. The van der Waals surface area contributed by atoms with Crippen molar-refractivity contribution in [2.24, 2.45) is 16.8 Å². The van der Waals surface area contributed by atoms with Crippen LogP contribution in [0, 0.1) is 11.8 Å². The first-order chi connectivity index (χ1) is 8.83. The fourth-order valence-corrected chi connectivity index (χ4v) is 3.66. The van der Waals surface area contributed by atoms with Crippen LogP contribution in [0.15, 0.2) is 4.99 Å². The van der Waals surface area contributed by atoms with Gasteiger partial charge in [0.1, 0.15) is 0 Å². The summed E-state index contributed by atoms with van der Waals surface area (Å²) in [5, 5.41) is 5.21. The molecule has 0 amide bonds. The average Bonchev–Trinajstić information content (AvgIpc) is 3.09. The van der Waals surface area contributed by atoms with Crippen molar-refractivity contribution >= 4 is 16.9 Å². The molecule has 1 saturated carbocycles. The minimum absolute atomic E-state index is 0.690. The second kappa shape index (κ2) is 7.39. The van der Waals surface area contributed by atoms with Crippen LogP contribution in [-0.4, -0.2) is 36.7 Å². The number of amidine groups is 1. The van der Waals surface area contributed by atoms with E-state index in [1.165, 1.54) is 25.7 Å². The maximum absolute atomic E-state index is 5.61. The average molecular weight is 270 g/mol. The highest BCUT2D eigenvalue weighted by Gasteiger charge is 2.25. The zero-order chi connectivity index (χ0) is 12.8. The normalized spacial score (nSPS) is 23.5. The van der Waals surface area contributed by atoms with Gasteiger partial charge >= 0.3 is 0 Å². The summed E-state index contributed by atoms with van der Waals surface area (Å²) in [6.07, 6.45) is 5.27. The van der Waals surface area contributed by atoms with Crippen LogP contribution in [-0.2, 0) is 4.74 Å². The summed E-state index contributed by atoms with van der Waals surface area (Å²) in [5.41, 5.74) is 0. The molecule has 0 aromatic heterocycles. The van der Waals surface area contributed by atoms with Gasteiger partial charge in [0.25, 0.3) is 0 Å². The number of ether oxygens (including phenoxy) is 1. The third-order valence-electron chi connectivity index (χ3n) is 3.83. The Balaban J connectivity index is 1.54. The van der Waals surface area contributed by atoms with Crippen molar-refractivity contribution in [2.75, 3.05) is 26.3 Å². The summed E-state index contributed by atoms with van der Waals surface area (Å²) in [6.45, 7) is 8.22. The quantitative estimate of drug-likeness (QED) is 0.689. The van der Waals surface area contributed by atoms with E-state index in [9.17, 15) is 0 Å². The molecule has 4 heteroatoms. The summed E-state index contributed by atoms with van der Waals surface area (Å²) >= 11 is 1.93. The molecule has 1 atom stereocenters. The lowest BCUT2D eigenvalue weighted by Gasteiger charge is -2.18. The summed E-state index contributed by atoms with van der Waals surface area (Å²) < 4.78 is 5.61. The molecule has 3 nitrogen and oxygen atoms in total. The number of hydrogen-bond acceptors (Lipinski definition) is 4. The van der Waals surface area contributed by atoms with Gasteiger partial charge in [-0.1, -0.05) is 38.5 Å². The van der Waals surface area contributed by atoms with E-state index in [4.69, 9.17) is 4.74 Å². The molecule has 1 unspecified atom stereocenters. The van der Waals surface area contributed by atoms with Gasteiger partial charge in [-0.2, -0.15) is 0 Å². The van der Waals surface area contributed by atoms with Gasteiger partial charge in [0, 0.05) is 18.4 Å². The van der Waals surface area contributed by atoms with Gasteiger partial charge in [0.2, 0.25) is 0 Å². The van der Waals surface area contributed by atoms with Gasteiger partial charge < -0.3 is 10.1 Å². The number of aliphatic imine (C=N–C) groups is 1. The fourth-order valence-electron chi connectivity index (χ4n) is 2.31. The molecule has 1 heterocycles. The van der Waals surface area contributed by atoms with Crippen molar-refractivity contribution in [3.8, 4) is 0 Å². The van der Waals surface area contributed by atoms with Gasteiger partial charge in [-0.25, -0.2) is 0 Å². The van der Waals surface area contributed by atoms with E-state index in [1.54, 1.807) is 0 Å². The van der Waals surface area contributed by atoms with Crippen LogP contribution < -0.4 is 5.32 Å². The first-order valence-corrected chi connectivity index (χ1v) is 8.24. The van der Waals surface area contributed by atoms with Crippen LogP contribution in [0.25, 0.3) is 0 Å². The third-order valence-corrected chi connectivity index (χ3v) is 5.16. The van der Waals surface area contributed by atoms with Gasteiger partial charge in [0.15, 0.2) is 5.17 Å². The molecule has 0 radical (unpaired) electrons. The molecule has 0 aromatic rings. The van der Waals surface area contributed by atoms with Crippen LogP contribution in [0.3, 0.4) is 0 Å². The molecular weight excluding hydrogens is 244 g/mol. The van der Waals surface area contributed by atoms with Crippen molar-refractivity contribution in [1.29, 1.82) is 0 Å². The smallest absolute Gasteiger partial charge is 0.157 e. The molecule has 0 bridgehead atoms. The molecule has 2 aliphatic rings. The second-order valence-electron chi connectivity index (χ2n) is 5.32. The van der Waals surface area contributed by atoms with Crippen LogP contribution >= 0.6 is 11.8 Å². The van der Waals surface area contributed by atoms with Crippen LogP contribution in [0.1, 0.15) is 39.5 Å². The summed E-state index contributed by atoms with van der Waals surface area (Å²) in [6, 6.07) is 0. The highest BCUT2D eigenvalue weighted by Crippen LogP contribution is 2.30. The van der Waals surface area contributed by atoms with Crippen LogP contribution in [0.5, 0.6) is 0 Å². The monoisotopic (exact) mass is 270 g/mol. The van der Waals surface area contributed by atoms with Gasteiger partial charge in [-0.3, -0.25) is 4.99 Å². The minimum atomic E-state index is 0.690. The van der Waals surface area contributed by atoms with E-state index < -0.39 is 0 Å². The fraction of sp³-hybridized carbons (Fsp3) is 0.929. The Morgan fingerprint density at radius 1 is 1.39 bits per heavy atom. The van der Waals surface area contributed by atoms with Crippen molar-refractivity contribution in [2.45, 2.75) is 44.8 Å². The van der Waals surface area contributed by atoms with Crippen LogP contribution in [0.4, 0.5) is 0 Å². The molecule has 0 aromatic carbocycles. The van der Waals surface area contributed by atoms with Crippen molar-refractivity contribution in [3.05, 3.63) is 0 Å². The Kier molecular flexibility index (Phi) is 5.83. The molecule has 104 valence electrons. The summed E-state index contributed by atoms with van der Waals surface area (Å²) in [4.78, 5) is 4.59. The Hall–Kier alpha value is -0.220. The number of thioether (sulfide) groups is 1. The maximum Gasteiger partial charge on any atom is 0.157 e. The first-order valence-electron chi connectivity index (χ1n) is 7.36. The van der Waals surface area contributed by atoms with Gasteiger partial charge in [-0.05, 0) is 24.7 Å². The van der Waals surface area contributed by atoms with E-state index in [0.29, 0.717) is 5.25 Å². The first kappa shape index (κ1) is 14.2. The molecule has 0 saturated heterocycles. The number of nitrogens with one attached hydrogen (secondary N) is 1. The van der Waals surface area contributed by atoms with E-state index in [2.05, 4.69) is 24.2 Å². The second-order valence-corrected chi connectivity index (χ2v) is 6.55. The molecule has 2 rings (SSSR count). The lowest BCUT2D eigenvalue weighted by Crippen LogP contribution is -2.25. The van der Waals surface area contributed by atoms with E-state index in [-0.39, 0.29) is 0 Å². The van der Waals surface area contributed by atoms with Crippen molar-refractivity contribution in [1.82, 2.24) is 5.32 Å². The highest BCUT2D eigenvalue weighted by atomic mass is 32.2. The highest BCUT2D eigenvalue weighted by molar-refractivity contribution is 8.14. The van der Waals surface area contributed by atoms with Crippen molar-refractivity contribution in [3.63, 3.8) is 0 Å². The minimum Gasteiger partial charge on any atom is -0.379 e. The number of nitrogens with zero attached hydrogens (tertiary/aromatic N) is 1. The lowest BCUT2D eigenvalue weighted by atomic mass is 9.99. The Bertz CT molecular complexity index is 275. The number of hydrogen-bond donors (Lipinski definition) is 1. The van der Waals surface area contributed by atoms with Crippen LogP contribution in [0.2, 0.25) is 0 Å². The largest absolute Gasteiger partial charge is 0.379 e. The lowest BCUT2D eigenvalue weighted by molar-refractivity contribution is 0.129. The topological polar surface area (TPSA) is 33.6 Å². The van der Waals surface area contributed by atoms with Gasteiger partial charge in [-0.15, -0.1) is 0 Å². The third kappa shape index (κ3) is 4.47.